The summed E-state index contributed by atoms with van der Waals surface area (Å²) >= 11 is 1.22. The van der Waals surface area contributed by atoms with E-state index < -0.39 is 16.2 Å². The molecule has 3 N–H and O–H groups in total. The second kappa shape index (κ2) is 17.5. The van der Waals surface area contributed by atoms with Gasteiger partial charge in [-0.2, -0.15) is 8.42 Å². The molecular weight excluding hydrogens is 621 g/mol. The predicted molar refractivity (Wildman–Crippen MR) is 183 cm³/mol. The van der Waals surface area contributed by atoms with Gasteiger partial charge in [-0.15, -0.1) is 0 Å². The van der Waals surface area contributed by atoms with Crippen LogP contribution in [0.3, 0.4) is 0 Å². The molecule has 46 heavy (non-hydrogen) atoms. The van der Waals surface area contributed by atoms with Crippen LogP contribution in [0.2, 0.25) is 0 Å². The van der Waals surface area contributed by atoms with E-state index in [9.17, 15) is 23.2 Å². The van der Waals surface area contributed by atoms with Crippen molar-refractivity contribution >= 4 is 21.9 Å². The molecule has 7 nitrogen and oxygen atoms in total. The number of hydrogen-bond donors (Lipinski definition) is 3. The first-order chi connectivity index (χ1) is 22.2. The Morgan fingerprint density at radius 2 is 1.52 bits per heavy atom. The van der Waals surface area contributed by atoms with Gasteiger partial charge in [0.15, 0.2) is 0 Å². The summed E-state index contributed by atoms with van der Waals surface area (Å²) in [6.45, 7) is 5.92. The van der Waals surface area contributed by atoms with E-state index >= 15 is 0 Å². The molecule has 0 bridgehead atoms. The van der Waals surface area contributed by atoms with E-state index in [1.165, 1.54) is 37.1 Å². The Morgan fingerprint density at radius 1 is 0.783 bits per heavy atom. The van der Waals surface area contributed by atoms with Crippen molar-refractivity contribution in [3.05, 3.63) is 102 Å². The van der Waals surface area contributed by atoms with Crippen LogP contribution in [0, 0.1) is 0 Å². The quantitative estimate of drug-likeness (QED) is 0.0713. The lowest BCUT2D eigenvalue weighted by Gasteiger charge is -2.19. The fourth-order valence-corrected chi connectivity index (χ4v) is 6.96. The molecule has 0 spiro atoms. The van der Waals surface area contributed by atoms with Gasteiger partial charge in [-0.25, -0.2) is 0 Å². The predicted octanol–water partition coefficient (Wildman–Crippen LogP) is 9.20. The third kappa shape index (κ3) is 10.1. The number of aromatic hydroxyl groups is 1. The minimum atomic E-state index is -4.58. The maximum absolute atomic E-state index is 12.6. The summed E-state index contributed by atoms with van der Waals surface area (Å²) in [5, 5.41) is 22.2. The zero-order valence-corrected chi connectivity index (χ0v) is 28.2. The van der Waals surface area contributed by atoms with Gasteiger partial charge in [-0.05, 0) is 83.6 Å². The van der Waals surface area contributed by atoms with E-state index in [0.717, 1.165) is 41.9 Å². The van der Waals surface area contributed by atoms with Crippen molar-refractivity contribution in [1.82, 2.24) is 0 Å². The maximum Gasteiger partial charge on any atom is 0.295 e. The minimum Gasteiger partial charge on any atom is -0.508 e. The highest BCUT2D eigenvalue weighted by atomic mass is 32.2. The molecule has 4 aromatic carbocycles. The molecule has 4 aromatic rings. The Kier molecular flexibility index (Phi) is 13.5. The number of ether oxygens (including phenoxy) is 2. The molecule has 0 heterocycles. The summed E-state index contributed by atoms with van der Waals surface area (Å²) in [4.78, 5) is 0.908. The molecule has 1 unspecified atom stereocenters. The first-order valence-electron chi connectivity index (χ1n) is 15.9. The van der Waals surface area contributed by atoms with Crippen molar-refractivity contribution in [2.24, 2.45) is 0 Å². The Bertz CT molecular complexity index is 1650. The first-order valence-corrected chi connectivity index (χ1v) is 18.2. The zero-order valence-electron chi connectivity index (χ0n) is 26.5. The number of unbranched alkanes of at least 4 members (excludes halogenated alkanes) is 5. The molecule has 0 aromatic heterocycles. The van der Waals surface area contributed by atoms with Crippen molar-refractivity contribution in [2.45, 2.75) is 86.2 Å². The number of rotatable bonds is 18. The zero-order chi connectivity index (χ0) is 32.9. The highest BCUT2D eigenvalue weighted by Gasteiger charge is 2.22. The minimum absolute atomic E-state index is 0.0576. The topological polar surface area (TPSA) is 113 Å². The van der Waals surface area contributed by atoms with Crippen molar-refractivity contribution in [3.63, 3.8) is 0 Å². The molecule has 0 aliphatic rings. The Labute approximate surface area is 277 Å². The molecule has 9 heteroatoms. The lowest BCUT2D eigenvalue weighted by molar-refractivity contribution is 0.116. The number of aliphatic hydroxyl groups excluding tert-OH is 1. The molecule has 246 valence electrons. The summed E-state index contributed by atoms with van der Waals surface area (Å²) < 4.78 is 46.9. The van der Waals surface area contributed by atoms with Gasteiger partial charge in [-0.3, -0.25) is 4.55 Å². The van der Waals surface area contributed by atoms with E-state index in [4.69, 9.17) is 9.47 Å². The summed E-state index contributed by atoms with van der Waals surface area (Å²) in [6.07, 6.45) is 6.54. The van der Waals surface area contributed by atoms with Crippen molar-refractivity contribution in [2.75, 3.05) is 13.2 Å². The fourth-order valence-electron chi connectivity index (χ4n) is 5.10. The molecule has 0 saturated carbocycles. The van der Waals surface area contributed by atoms with E-state index in [0.29, 0.717) is 47.0 Å². The molecule has 1 atom stereocenters. The molecule has 0 amide bonds. The summed E-state index contributed by atoms with van der Waals surface area (Å²) in [5.41, 5.74) is 2.69. The smallest absolute Gasteiger partial charge is 0.295 e. The monoisotopic (exact) mass is 664 g/mol. The van der Waals surface area contributed by atoms with Gasteiger partial charge >= 0.3 is 0 Å². The molecule has 0 fully saturated rings. The van der Waals surface area contributed by atoms with E-state index in [1.54, 1.807) is 54.6 Å². The molecule has 0 radical (unpaired) electrons. The molecule has 0 saturated heterocycles. The summed E-state index contributed by atoms with van der Waals surface area (Å²) in [6, 6.07) is 24.3. The van der Waals surface area contributed by atoms with Gasteiger partial charge in [0, 0.05) is 22.0 Å². The van der Waals surface area contributed by atoms with Gasteiger partial charge in [-0.1, -0.05) is 94.1 Å². The third-order valence-electron chi connectivity index (χ3n) is 7.65. The average Bonchev–Trinajstić information content (AvgIpc) is 3.05. The van der Waals surface area contributed by atoms with E-state index in [-0.39, 0.29) is 10.6 Å². The van der Waals surface area contributed by atoms with Crippen LogP contribution in [0.5, 0.6) is 11.5 Å². The Hall–Kier alpha value is -3.34. The number of phenols is 1. The van der Waals surface area contributed by atoms with Crippen LogP contribution >= 0.6 is 11.8 Å². The van der Waals surface area contributed by atoms with Crippen LogP contribution in [0.25, 0.3) is 11.1 Å². The summed E-state index contributed by atoms with van der Waals surface area (Å²) in [7, 11) is -4.58. The van der Waals surface area contributed by atoms with Crippen LogP contribution in [0.15, 0.2) is 99.6 Å². The second-order valence-corrected chi connectivity index (χ2v) is 13.8. The van der Waals surface area contributed by atoms with Crippen LogP contribution in [-0.2, 0) is 21.5 Å². The second-order valence-electron chi connectivity index (χ2n) is 11.3. The number of hydrogen-bond acceptors (Lipinski definition) is 7. The highest BCUT2D eigenvalue weighted by molar-refractivity contribution is 8.00. The van der Waals surface area contributed by atoms with Crippen LogP contribution in [0.4, 0.5) is 0 Å². The van der Waals surface area contributed by atoms with Gasteiger partial charge in [0.2, 0.25) is 0 Å². The largest absolute Gasteiger partial charge is 0.508 e. The first kappa shape index (κ1) is 35.5. The number of phenolic OH excluding ortho intramolecular Hbond substituents is 1. The molecular formula is C37H44O7S2. The van der Waals surface area contributed by atoms with Gasteiger partial charge in [0.05, 0.1) is 13.2 Å². The van der Waals surface area contributed by atoms with Gasteiger partial charge in [0.1, 0.15) is 22.5 Å². The SMILES string of the molecule is CCCCCCCOCc1ccc(O)c(C(O)c2ccccc2-c2ccc(Sc3ccc(OCCCC)cc3)c(S(=O)(=O)O)c2)c1. The van der Waals surface area contributed by atoms with E-state index in [2.05, 4.69) is 13.8 Å². The maximum atomic E-state index is 12.6. The van der Waals surface area contributed by atoms with Crippen LogP contribution in [-0.4, -0.2) is 36.4 Å². The molecule has 0 aliphatic carbocycles. The Balaban J connectivity index is 1.55. The Morgan fingerprint density at radius 3 is 2.26 bits per heavy atom. The van der Waals surface area contributed by atoms with Crippen molar-refractivity contribution < 1.29 is 32.7 Å². The number of benzene rings is 4. The summed E-state index contributed by atoms with van der Waals surface area (Å²) in [5.74, 6) is 0.679. The molecule has 0 aliphatic heterocycles. The van der Waals surface area contributed by atoms with Crippen LogP contribution in [0.1, 0.15) is 81.6 Å². The van der Waals surface area contributed by atoms with Crippen molar-refractivity contribution in [1.29, 1.82) is 0 Å². The number of aliphatic hydroxyl groups is 1. The van der Waals surface area contributed by atoms with Crippen molar-refractivity contribution in [3.8, 4) is 22.6 Å². The highest BCUT2D eigenvalue weighted by Crippen LogP contribution is 2.40. The van der Waals surface area contributed by atoms with E-state index in [1.807, 2.05) is 24.3 Å². The normalized spacial score (nSPS) is 12.3. The lowest BCUT2D eigenvalue weighted by atomic mass is 9.92. The lowest BCUT2D eigenvalue weighted by Crippen LogP contribution is -2.05. The standard InChI is InChI=1S/C37H44O7S2/c1-3-5-7-8-11-22-43-26-27-14-20-34(38)33(24-27)37(39)32-13-10-9-12-31(32)28-15-21-35(36(25-28)46(40,41)42)45-30-18-16-29(17-19-30)44-23-6-4-2/h9-10,12-21,24-25,37-39H,3-8,11,22-23,26H2,1-2H3,(H,40,41,42). The van der Waals surface area contributed by atoms with Gasteiger partial charge < -0.3 is 19.7 Å². The fraction of sp³-hybridized carbons (Fsp3) is 0.351. The average molecular weight is 665 g/mol. The third-order valence-corrected chi connectivity index (χ3v) is 9.76. The van der Waals surface area contributed by atoms with Gasteiger partial charge in [0.25, 0.3) is 10.1 Å². The molecule has 4 rings (SSSR count). The van der Waals surface area contributed by atoms with Crippen LogP contribution < -0.4 is 4.74 Å².